The van der Waals surface area contributed by atoms with Crippen LogP contribution in [-0.2, 0) is 23.7 Å². The van der Waals surface area contributed by atoms with E-state index >= 15 is 0 Å². The average Bonchev–Trinajstić information content (AvgIpc) is 2.39. The summed E-state index contributed by atoms with van der Waals surface area (Å²) in [6.07, 6.45) is -0.131. The van der Waals surface area contributed by atoms with Gasteiger partial charge in [-0.1, -0.05) is 13.3 Å². The van der Waals surface area contributed by atoms with Gasteiger partial charge < -0.3 is 24.1 Å². The molecule has 0 aromatic heterocycles. The van der Waals surface area contributed by atoms with Crippen LogP contribution in [0.1, 0.15) is 19.8 Å². The molecule has 0 saturated carbocycles. The van der Waals surface area contributed by atoms with Crippen LogP contribution in [0.25, 0.3) is 0 Å². The Balaban J connectivity index is 3.05. The van der Waals surface area contributed by atoms with E-state index in [1.807, 2.05) is 0 Å². The zero-order chi connectivity index (χ0) is 14.3. The number of aliphatic carboxylic acids is 1. The van der Waals surface area contributed by atoms with Gasteiger partial charge in [0.05, 0.1) is 39.6 Å². The van der Waals surface area contributed by atoms with Crippen molar-refractivity contribution in [2.75, 3.05) is 46.2 Å². The minimum Gasteiger partial charge on any atom is -0.477 e. The van der Waals surface area contributed by atoms with E-state index < -0.39 is 12.3 Å². The van der Waals surface area contributed by atoms with Gasteiger partial charge in [-0.15, -0.1) is 0 Å². The highest BCUT2D eigenvalue weighted by atomic mass is 19.1. The van der Waals surface area contributed by atoms with Gasteiger partial charge in [-0.2, -0.15) is 0 Å². The molecule has 19 heavy (non-hydrogen) atoms. The summed E-state index contributed by atoms with van der Waals surface area (Å²) in [5.74, 6) is -1.63. The van der Waals surface area contributed by atoms with Crippen LogP contribution in [0.5, 0.6) is 0 Å². The number of carboxylic acid groups (broad SMARTS) is 1. The molecule has 0 aliphatic heterocycles. The lowest BCUT2D eigenvalue weighted by molar-refractivity contribution is -0.164. The normalized spacial score (nSPS) is 12.5. The van der Waals surface area contributed by atoms with Crippen molar-refractivity contribution in [1.29, 1.82) is 0 Å². The lowest BCUT2D eigenvalue weighted by Gasteiger charge is -2.07. The fourth-order valence-corrected chi connectivity index (χ4v) is 1.07. The Kier molecular flexibility index (Phi) is 13.1. The number of unbranched alkanes of at least 4 members (excludes halogenated alkanes) is 1. The van der Waals surface area contributed by atoms with Crippen LogP contribution in [0.2, 0.25) is 0 Å². The van der Waals surface area contributed by atoms with Gasteiger partial charge in [0.15, 0.2) is 0 Å². The molecule has 6 nitrogen and oxygen atoms in total. The molecule has 0 bridgehead atoms. The molecule has 114 valence electrons. The molecule has 0 heterocycles. The van der Waals surface area contributed by atoms with E-state index in [0.717, 1.165) is 19.4 Å². The number of hydrogen-bond donors (Lipinski definition) is 1. The van der Waals surface area contributed by atoms with Crippen molar-refractivity contribution in [2.45, 2.75) is 26.1 Å². The first-order valence-corrected chi connectivity index (χ1v) is 6.40. The van der Waals surface area contributed by atoms with E-state index in [1.54, 1.807) is 0 Å². The van der Waals surface area contributed by atoms with E-state index in [1.165, 1.54) is 0 Å². The molecule has 0 aromatic rings. The highest BCUT2D eigenvalue weighted by Gasteiger charge is 2.14. The van der Waals surface area contributed by atoms with Crippen molar-refractivity contribution in [3.05, 3.63) is 0 Å². The summed E-state index contributed by atoms with van der Waals surface area (Å²) in [7, 11) is 0. The smallest absolute Gasteiger partial charge is 0.366 e. The minimum absolute atomic E-state index is 0.104. The Bertz CT molecular complexity index is 214. The predicted molar refractivity (Wildman–Crippen MR) is 65.8 cm³/mol. The number of carboxylic acids is 1. The van der Waals surface area contributed by atoms with Gasteiger partial charge in [0.1, 0.15) is 0 Å². The van der Waals surface area contributed by atoms with E-state index in [4.69, 9.17) is 19.3 Å². The van der Waals surface area contributed by atoms with Crippen molar-refractivity contribution in [1.82, 2.24) is 0 Å². The maximum absolute atomic E-state index is 12.4. The first-order chi connectivity index (χ1) is 9.18. The average molecular weight is 282 g/mol. The lowest BCUT2D eigenvalue weighted by atomic mass is 10.4. The minimum atomic E-state index is -2.29. The first kappa shape index (κ1) is 18.2. The SMILES string of the molecule is CCCCOCCOCCOCCOC(F)C(=O)O. The van der Waals surface area contributed by atoms with E-state index in [-0.39, 0.29) is 13.2 Å². The lowest BCUT2D eigenvalue weighted by Crippen LogP contribution is -2.21. The van der Waals surface area contributed by atoms with Gasteiger partial charge in [-0.25, -0.2) is 9.18 Å². The van der Waals surface area contributed by atoms with Crippen LogP contribution in [0, 0.1) is 0 Å². The first-order valence-electron chi connectivity index (χ1n) is 6.40. The molecular formula is C12H23FO6. The molecule has 0 rings (SSSR count). The van der Waals surface area contributed by atoms with Gasteiger partial charge >= 0.3 is 5.97 Å². The fourth-order valence-electron chi connectivity index (χ4n) is 1.07. The highest BCUT2D eigenvalue weighted by Crippen LogP contribution is 1.93. The molecule has 0 radical (unpaired) electrons. The van der Waals surface area contributed by atoms with Gasteiger partial charge in [-0.3, -0.25) is 0 Å². The van der Waals surface area contributed by atoms with Crippen LogP contribution in [0.3, 0.4) is 0 Å². The summed E-state index contributed by atoms with van der Waals surface area (Å²) in [5, 5.41) is 8.19. The van der Waals surface area contributed by atoms with Gasteiger partial charge in [-0.05, 0) is 6.42 Å². The third-order valence-corrected chi connectivity index (χ3v) is 2.07. The molecular weight excluding hydrogens is 259 g/mol. The van der Waals surface area contributed by atoms with Crippen molar-refractivity contribution in [3.8, 4) is 0 Å². The third-order valence-electron chi connectivity index (χ3n) is 2.07. The second kappa shape index (κ2) is 13.7. The predicted octanol–water partition coefficient (Wildman–Crippen LogP) is 1.23. The molecule has 0 aliphatic carbocycles. The summed E-state index contributed by atoms with van der Waals surface area (Å²) in [5.41, 5.74) is 0. The van der Waals surface area contributed by atoms with Crippen LogP contribution in [-0.4, -0.2) is 63.7 Å². The number of halogens is 1. The van der Waals surface area contributed by atoms with Crippen molar-refractivity contribution >= 4 is 5.97 Å². The number of alkyl halides is 1. The van der Waals surface area contributed by atoms with E-state index in [2.05, 4.69) is 11.7 Å². The van der Waals surface area contributed by atoms with E-state index in [0.29, 0.717) is 26.4 Å². The second-order valence-electron chi connectivity index (χ2n) is 3.72. The molecule has 0 amide bonds. The number of carbonyl (C=O) groups is 1. The largest absolute Gasteiger partial charge is 0.477 e. The molecule has 0 aromatic carbocycles. The maximum atomic E-state index is 12.4. The van der Waals surface area contributed by atoms with Gasteiger partial charge in [0.2, 0.25) is 0 Å². The molecule has 0 fully saturated rings. The standard InChI is InChI=1S/C12H23FO6/c1-2-3-4-16-5-6-17-7-8-18-9-10-19-11(13)12(14)15/h11H,2-10H2,1H3,(H,14,15). The number of rotatable bonds is 14. The Morgan fingerprint density at radius 1 is 1.00 bits per heavy atom. The van der Waals surface area contributed by atoms with Crippen molar-refractivity contribution < 1.29 is 33.2 Å². The Labute approximate surface area is 112 Å². The monoisotopic (exact) mass is 282 g/mol. The summed E-state index contributed by atoms with van der Waals surface area (Å²) < 4.78 is 32.3. The van der Waals surface area contributed by atoms with Gasteiger partial charge in [0.25, 0.3) is 6.36 Å². The maximum Gasteiger partial charge on any atom is 0.366 e. The van der Waals surface area contributed by atoms with E-state index in [9.17, 15) is 9.18 Å². The zero-order valence-corrected chi connectivity index (χ0v) is 11.3. The second-order valence-corrected chi connectivity index (χ2v) is 3.72. The summed E-state index contributed by atoms with van der Waals surface area (Å²) in [6.45, 7) is 4.71. The Hall–Kier alpha value is -0.760. The van der Waals surface area contributed by atoms with Crippen LogP contribution in [0.15, 0.2) is 0 Å². The van der Waals surface area contributed by atoms with Crippen molar-refractivity contribution in [2.24, 2.45) is 0 Å². The number of ether oxygens (including phenoxy) is 4. The van der Waals surface area contributed by atoms with Gasteiger partial charge in [0, 0.05) is 6.61 Å². The topological polar surface area (TPSA) is 74.2 Å². The Morgan fingerprint density at radius 2 is 1.47 bits per heavy atom. The molecule has 0 saturated heterocycles. The molecule has 1 unspecified atom stereocenters. The molecule has 7 heteroatoms. The zero-order valence-electron chi connectivity index (χ0n) is 11.3. The highest BCUT2D eigenvalue weighted by molar-refractivity contribution is 5.70. The Morgan fingerprint density at radius 3 is 1.95 bits per heavy atom. The molecule has 0 aliphatic rings. The van der Waals surface area contributed by atoms with Crippen LogP contribution in [0.4, 0.5) is 4.39 Å². The van der Waals surface area contributed by atoms with Crippen LogP contribution >= 0.6 is 0 Å². The summed E-state index contributed by atoms with van der Waals surface area (Å²) >= 11 is 0. The number of hydrogen-bond acceptors (Lipinski definition) is 5. The summed E-state index contributed by atoms with van der Waals surface area (Å²) in [6, 6.07) is 0. The third kappa shape index (κ3) is 13.5. The molecule has 0 spiro atoms. The van der Waals surface area contributed by atoms with Crippen LogP contribution < -0.4 is 0 Å². The quantitative estimate of drug-likeness (QED) is 0.483. The summed E-state index contributed by atoms with van der Waals surface area (Å²) in [4.78, 5) is 10.1. The fraction of sp³-hybridized carbons (Fsp3) is 0.917. The molecule has 1 atom stereocenters. The van der Waals surface area contributed by atoms with Crippen molar-refractivity contribution in [3.63, 3.8) is 0 Å². The molecule has 1 N–H and O–H groups in total.